The number of fused-ring (bicyclic) bond motifs is 1. The van der Waals surface area contributed by atoms with Gasteiger partial charge < -0.3 is 10.4 Å². The summed E-state index contributed by atoms with van der Waals surface area (Å²) in [4.78, 5) is 27.2. The number of anilines is 1. The van der Waals surface area contributed by atoms with Gasteiger partial charge in [-0.1, -0.05) is 0 Å². The van der Waals surface area contributed by atoms with E-state index in [0.29, 0.717) is 5.82 Å². The number of nitrogens with one attached hydrogen (secondary N) is 1. The van der Waals surface area contributed by atoms with E-state index in [1.54, 1.807) is 28.8 Å². The highest BCUT2D eigenvalue weighted by atomic mass is 16.4. The van der Waals surface area contributed by atoms with Crippen LogP contribution in [0.2, 0.25) is 0 Å². The maximum atomic E-state index is 12.0. The Bertz CT molecular complexity index is 822. The largest absolute Gasteiger partial charge is 0.478 e. The topological polar surface area (TPSA) is 84.2 Å². The Morgan fingerprint density at radius 1 is 1.35 bits per heavy atom. The second kappa shape index (κ2) is 6.08. The number of carboxylic acids is 1. The molecule has 2 heterocycles. The number of aromatic carboxylic acids is 1. The minimum Gasteiger partial charge on any atom is -0.478 e. The smallest absolute Gasteiger partial charge is 0.335 e. The highest BCUT2D eigenvalue weighted by Gasteiger charge is 2.21. The van der Waals surface area contributed by atoms with Crippen molar-refractivity contribution in [3.63, 3.8) is 0 Å². The van der Waals surface area contributed by atoms with E-state index in [1.807, 2.05) is 13.1 Å². The van der Waals surface area contributed by atoms with Crippen molar-refractivity contribution in [3.8, 4) is 0 Å². The van der Waals surface area contributed by atoms with Crippen molar-refractivity contribution in [3.05, 3.63) is 64.5 Å². The molecule has 118 valence electrons. The Morgan fingerprint density at radius 2 is 2.09 bits per heavy atom. The van der Waals surface area contributed by atoms with E-state index in [1.165, 1.54) is 12.3 Å². The lowest BCUT2D eigenvalue weighted by Gasteiger charge is -2.25. The van der Waals surface area contributed by atoms with Gasteiger partial charge in [0, 0.05) is 35.8 Å². The standard InChI is InChI=1S/C17H17N3O3/c1-11-2-3-13(16-18-9-8-15(21)20(11)16)10-19-14-6-4-12(5-7-14)17(22)23/h4-11,19H,2-3H2,1H3,(H,22,23). The van der Waals surface area contributed by atoms with Crippen molar-refractivity contribution in [2.45, 2.75) is 25.8 Å². The summed E-state index contributed by atoms with van der Waals surface area (Å²) in [5.74, 6) is -0.264. The van der Waals surface area contributed by atoms with E-state index in [2.05, 4.69) is 10.3 Å². The quantitative estimate of drug-likeness (QED) is 0.910. The number of nitrogens with zero attached hydrogens (tertiary/aromatic N) is 2. The van der Waals surface area contributed by atoms with Gasteiger partial charge in [-0.2, -0.15) is 0 Å². The van der Waals surface area contributed by atoms with Crippen LogP contribution in [0.3, 0.4) is 0 Å². The lowest BCUT2D eigenvalue weighted by Crippen LogP contribution is -2.29. The van der Waals surface area contributed by atoms with Crippen molar-refractivity contribution in [1.82, 2.24) is 9.55 Å². The molecule has 6 heteroatoms. The van der Waals surface area contributed by atoms with Gasteiger partial charge >= 0.3 is 5.97 Å². The monoisotopic (exact) mass is 311 g/mol. The first kappa shape index (κ1) is 15.0. The molecule has 2 aromatic rings. The van der Waals surface area contributed by atoms with Gasteiger partial charge in [-0.15, -0.1) is 0 Å². The van der Waals surface area contributed by atoms with Crippen molar-refractivity contribution in [2.75, 3.05) is 5.32 Å². The molecule has 1 atom stereocenters. The fourth-order valence-corrected chi connectivity index (χ4v) is 2.70. The number of rotatable bonds is 3. The van der Waals surface area contributed by atoms with Crippen LogP contribution in [0.4, 0.5) is 5.69 Å². The molecule has 6 nitrogen and oxygen atoms in total. The number of allylic oxidation sites excluding steroid dienone is 1. The van der Waals surface area contributed by atoms with Crippen LogP contribution in [0.25, 0.3) is 5.57 Å². The van der Waals surface area contributed by atoms with Gasteiger partial charge in [-0.3, -0.25) is 9.36 Å². The van der Waals surface area contributed by atoms with E-state index in [-0.39, 0.29) is 17.2 Å². The molecule has 1 aliphatic heterocycles. The van der Waals surface area contributed by atoms with Crippen LogP contribution in [0.1, 0.15) is 42.0 Å². The first-order valence-corrected chi connectivity index (χ1v) is 7.43. The number of hydrogen-bond donors (Lipinski definition) is 2. The summed E-state index contributed by atoms with van der Waals surface area (Å²) < 4.78 is 1.71. The second-order valence-corrected chi connectivity index (χ2v) is 5.56. The Labute approximate surface area is 133 Å². The number of aromatic nitrogens is 2. The Hall–Kier alpha value is -2.89. The molecule has 0 bridgehead atoms. The van der Waals surface area contributed by atoms with Crippen LogP contribution in [0.15, 0.2) is 47.5 Å². The molecule has 0 spiro atoms. The number of hydrogen-bond acceptors (Lipinski definition) is 4. The first-order valence-electron chi connectivity index (χ1n) is 7.43. The normalized spacial score (nSPS) is 18.5. The lowest BCUT2D eigenvalue weighted by atomic mass is 10.0. The first-order chi connectivity index (χ1) is 11.1. The molecule has 1 aliphatic rings. The van der Waals surface area contributed by atoms with Crippen molar-refractivity contribution in [1.29, 1.82) is 0 Å². The highest BCUT2D eigenvalue weighted by Crippen LogP contribution is 2.29. The highest BCUT2D eigenvalue weighted by molar-refractivity contribution is 5.88. The minimum atomic E-state index is -0.950. The van der Waals surface area contributed by atoms with Gasteiger partial charge in [0.25, 0.3) is 5.56 Å². The lowest BCUT2D eigenvalue weighted by molar-refractivity contribution is 0.0697. The molecule has 2 N–H and O–H groups in total. The molecule has 3 rings (SSSR count). The third-order valence-corrected chi connectivity index (χ3v) is 3.98. The third-order valence-electron chi connectivity index (χ3n) is 3.98. The van der Waals surface area contributed by atoms with E-state index < -0.39 is 5.97 Å². The zero-order valence-electron chi connectivity index (χ0n) is 12.7. The maximum absolute atomic E-state index is 12.0. The summed E-state index contributed by atoms with van der Waals surface area (Å²) in [6, 6.07) is 8.11. The van der Waals surface area contributed by atoms with E-state index in [9.17, 15) is 9.59 Å². The van der Waals surface area contributed by atoms with Gasteiger partial charge in [-0.25, -0.2) is 9.78 Å². The van der Waals surface area contributed by atoms with E-state index in [4.69, 9.17) is 5.11 Å². The van der Waals surface area contributed by atoms with Crippen molar-refractivity contribution in [2.24, 2.45) is 0 Å². The molecule has 0 radical (unpaired) electrons. The van der Waals surface area contributed by atoms with Crippen LogP contribution in [-0.4, -0.2) is 20.6 Å². The van der Waals surface area contributed by atoms with Gasteiger partial charge in [-0.05, 0) is 44.0 Å². The molecular weight excluding hydrogens is 294 g/mol. The van der Waals surface area contributed by atoms with Crippen LogP contribution in [0, 0.1) is 0 Å². The summed E-state index contributed by atoms with van der Waals surface area (Å²) in [7, 11) is 0. The zero-order chi connectivity index (χ0) is 16.4. The average Bonchev–Trinajstić information content (AvgIpc) is 2.54. The molecule has 0 fully saturated rings. The molecule has 1 unspecified atom stereocenters. The summed E-state index contributed by atoms with van der Waals surface area (Å²) in [6.07, 6.45) is 5.07. The van der Waals surface area contributed by atoms with Crippen LogP contribution in [0.5, 0.6) is 0 Å². The number of carbonyl (C=O) groups is 1. The second-order valence-electron chi connectivity index (χ2n) is 5.56. The summed E-state index contributed by atoms with van der Waals surface area (Å²) >= 11 is 0. The third kappa shape index (κ3) is 3.01. The van der Waals surface area contributed by atoms with Crippen LogP contribution >= 0.6 is 0 Å². The minimum absolute atomic E-state index is 0.0427. The Morgan fingerprint density at radius 3 is 2.78 bits per heavy atom. The summed E-state index contributed by atoms with van der Waals surface area (Å²) in [5.41, 5.74) is 1.95. The van der Waals surface area contributed by atoms with Crippen LogP contribution in [-0.2, 0) is 0 Å². The molecule has 0 saturated heterocycles. The summed E-state index contributed by atoms with van der Waals surface area (Å²) in [6.45, 7) is 2.02. The van der Waals surface area contributed by atoms with Gasteiger partial charge in [0.15, 0.2) is 0 Å². The molecule has 1 aromatic carbocycles. The predicted molar refractivity (Wildman–Crippen MR) is 87.4 cm³/mol. The zero-order valence-corrected chi connectivity index (χ0v) is 12.7. The molecular formula is C17H17N3O3. The average molecular weight is 311 g/mol. The molecule has 0 saturated carbocycles. The molecule has 1 aromatic heterocycles. The molecule has 23 heavy (non-hydrogen) atoms. The maximum Gasteiger partial charge on any atom is 0.335 e. The van der Waals surface area contributed by atoms with E-state index in [0.717, 1.165) is 24.1 Å². The fourth-order valence-electron chi connectivity index (χ4n) is 2.70. The molecule has 0 amide bonds. The Balaban J connectivity index is 1.87. The SMILES string of the molecule is CC1CCC(=CNc2ccc(C(=O)O)cc2)c2nccc(=O)n21. The number of carboxylic acid groups (broad SMARTS) is 1. The van der Waals surface area contributed by atoms with E-state index >= 15 is 0 Å². The predicted octanol–water partition coefficient (Wildman–Crippen LogP) is 2.75. The fraction of sp³-hybridized carbons (Fsp3) is 0.235. The molecule has 0 aliphatic carbocycles. The van der Waals surface area contributed by atoms with Gasteiger partial charge in [0.05, 0.1) is 5.56 Å². The van der Waals surface area contributed by atoms with Gasteiger partial charge in [0.2, 0.25) is 0 Å². The van der Waals surface area contributed by atoms with Crippen LogP contribution < -0.4 is 10.9 Å². The summed E-state index contributed by atoms with van der Waals surface area (Å²) in [5, 5.41) is 12.0. The Kier molecular flexibility index (Phi) is 3.97. The van der Waals surface area contributed by atoms with Crippen molar-refractivity contribution >= 4 is 17.2 Å². The number of benzene rings is 1. The van der Waals surface area contributed by atoms with Gasteiger partial charge in [0.1, 0.15) is 5.82 Å². The van der Waals surface area contributed by atoms with Crippen molar-refractivity contribution < 1.29 is 9.90 Å².